The van der Waals surface area contributed by atoms with Gasteiger partial charge in [-0.1, -0.05) is 12.1 Å². The molecule has 150 valence electrons. The van der Waals surface area contributed by atoms with Crippen molar-refractivity contribution in [1.29, 1.82) is 0 Å². The number of nitrogens with zero attached hydrogens (tertiary/aromatic N) is 3. The smallest absolute Gasteiger partial charge is 0.258 e. The maximum absolute atomic E-state index is 13.1. The number of hydrogen-bond acceptors (Lipinski definition) is 5. The van der Waals surface area contributed by atoms with Crippen molar-refractivity contribution in [3.63, 3.8) is 0 Å². The van der Waals surface area contributed by atoms with Crippen molar-refractivity contribution in [1.82, 2.24) is 14.9 Å². The number of H-pyrrole nitrogens is 1. The molecule has 6 nitrogen and oxygen atoms in total. The van der Waals surface area contributed by atoms with Crippen LogP contribution in [-0.2, 0) is 10.5 Å². The van der Waals surface area contributed by atoms with Gasteiger partial charge in [-0.3, -0.25) is 9.59 Å². The van der Waals surface area contributed by atoms with E-state index in [4.69, 9.17) is 0 Å². The van der Waals surface area contributed by atoms with E-state index in [1.54, 1.807) is 18.2 Å². The molecular formula is C21H21FN4O2S. The zero-order chi connectivity index (χ0) is 20.2. The number of aromatic amines is 1. The molecule has 0 unspecified atom stereocenters. The summed E-state index contributed by atoms with van der Waals surface area (Å²) in [5.41, 5.74) is 1.48. The molecule has 29 heavy (non-hydrogen) atoms. The highest BCUT2D eigenvalue weighted by Crippen LogP contribution is 2.18. The number of benzene rings is 2. The number of carbonyl (C=O) groups excluding carboxylic acids is 1. The van der Waals surface area contributed by atoms with Crippen LogP contribution in [-0.4, -0.2) is 52.7 Å². The second-order valence-electron chi connectivity index (χ2n) is 6.87. The minimum absolute atomic E-state index is 0.0805. The largest absolute Gasteiger partial charge is 0.368 e. The lowest BCUT2D eigenvalue weighted by molar-refractivity contribution is -0.128. The molecular weight excluding hydrogens is 391 g/mol. The number of hydrogen-bond donors (Lipinski definition) is 1. The number of halogens is 1. The van der Waals surface area contributed by atoms with Gasteiger partial charge >= 0.3 is 0 Å². The van der Waals surface area contributed by atoms with Crippen LogP contribution in [0.3, 0.4) is 0 Å². The molecule has 2 heterocycles. The van der Waals surface area contributed by atoms with Crippen molar-refractivity contribution in [2.24, 2.45) is 0 Å². The number of thioether (sulfide) groups is 1. The van der Waals surface area contributed by atoms with Crippen LogP contribution < -0.4 is 10.5 Å². The first-order valence-electron chi connectivity index (χ1n) is 9.44. The highest BCUT2D eigenvalue weighted by molar-refractivity contribution is 7.99. The zero-order valence-electron chi connectivity index (χ0n) is 15.8. The second kappa shape index (κ2) is 8.65. The second-order valence-corrected chi connectivity index (χ2v) is 7.85. The molecule has 0 radical (unpaired) electrons. The Balaban J connectivity index is 1.27. The first kappa shape index (κ1) is 19.4. The summed E-state index contributed by atoms with van der Waals surface area (Å²) in [4.78, 5) is 35.9. The molecule has 1 fully saturated rings. The molecule has 0 aliphatic carbocycles. The maximum Gasteiger partial charge on any atom is 0.258 e. The molecule has 1 N–H and O–H groups in total. The number of anilines is 1. The quantitative estimate of drug-likeness (QED) is 0.698. The number of nitrogens with one attached hydrogen (secondary N) is 1. The van der Waals surface area contributed by atoms with Crippen LogP contribution in [0.25, 0.3) is 10.9 Å². The highest BCUT2D eigenvalue weighted by atomic mass is 32.2. The van der Waals surface area contributed by atoms with E-state index in [9.17, 15) is 14.0 Å². The van der Waals surface area contributed by atoms with Crippen LogP contribution in [0.15, 0.2) is 53.3 Å². The van der Waals surface area contributed by atoms with Crippen LogP contribution in [0.5, 0.6) is 0 Å². The lowest BCUT2D eigenvalue weighted by Gasteiger charge is -2.36. The number of carbonyl (C=O) groups is 1. The summed E-state index contributed by atoms with van der Waals surface area (Å²) in [5.74, 6) is 1.22. The first-order valence-corrected chi connectivity index (χ1v) is 10.6. The van der Waals surface area contributed by atoms with E-state index < -0.39 is 0 Å². The topological polar surface area (TPSA) is 69.3 Å². The minimum Gasteiger partial charge on any atom is -0.368 e. The lowest BCUT2D eigenvalue weighted by atomic mass is 10.2. The summed E-state index contributed by atoms with van der Waals surface area (Å²) in [6, 6.07) is 13.6. The third-order valence-electron chi connectivity index (χ3n) is 4.95. The Bertz CT molecular complexity index is 1060. The van der Waals surface area contributed by atoms with E-state index in [0.29, 0.717) is 41.3 Å². The van der Waals surface area contributed by atoms with Gasteiger partial charge in [0, 0.05) is 31.9 Å². The highest BCUT2D eigenvalue weighted by Gasteiger charge is 2.21. The molecule has 8 heteroatoms. The van der Waals surface area contributed by atoms with Gasteiger partial charge in [0.15, 0.2) is 0 Å². The molecule has 0 spiro atoms. The molecule has 1 aliphatic heterocycles. The molecule has 0 saturated carbocycles. The summed E-state index contributed by atoms with van der Waals surface area (Å²) in [6.07, 6.45) is 0. The van der Waals surface area contributed by atoms with Gasteiger partial charge in [0.05, 0.1) is 22.4 Å². The number of aromatic nitrogens is 2. The van der Waals surface area contributed by atoms with E-state index in [0.717, 1.165) is 18.8 Å². The standard InChI is InChI=1S/C21H21FN4O2S/c22-15-5-7-16(8-6-15)25-9-11-26(12-10-25)20(27)14-29-13-19-23-18-4-2-1-3-17(18)21(28)24-19/h1-8H,9-14H2,(H,23,24,28). The number of rotatable bonds is 5. The predicted octanol–water partition coefficient (Wildman–Crippen LogP) is 2.64. The summed E-state index contributed by atoms with van der Waals surface area (Å²) in [5, 5.41) is 0.566. The Morgan fingerprint density at radius 2 is 1.79 bits per heavy atom. The molecule has 2 aromatic carbocycles. The third-order valence-corrected chi connectivity index (χ3v) is 5.88. The normalized spacial score (nSPS) is 14.4. The molecule has 3 aromatic rings. The predicted molar refractivity (Wildman–Crippen MR) is 114 cm³/mol. The van der Waals surface area contributed by atoms with Gasteiger partial charge < -0.3 is 14.8 Å². The zero-order valence-corrected chi connectivity index (χ0v) is 16.6. The van der Waals surface area contributed by atoms with Crippen LogP contribution in [0.4, 0.5) is 10.1 Å². The fourth-order valence-electron chi connectivity index (χ4n) is 3.40. The molecule has 0 bridgehead atoms. The molecule has 1 amide bonds. The molecule has 1 aromatic heterocycles. The number of fused-ring (bicyclic) bond motifs is 1. The minimum atomic E-state index is -0.248. The van der Waals surface area contributed by atoms with E-state index in [1.807, 2.05) is 23.1 Å². The van der Waals surface area contributed by atoms with E-state index >= 15 is 0 Å². The fourth-order valence-corrected chi connectivity index (χ4v) is 4.18. The van der Waals surface area contributed by atoms with Gasteiger partial charge in [-0.05, 0) is 36.4 Å². The molecule has 1 aliphatic rings. The van der Waals surface area contributed by atoms with E-state index in [2.05, 4.69) is 14.9 Å². The van der Waals surface area contributed by atoms with Gasteiger partial charge in [0.2, 0.25) is 5.91 Å². The Labute approximate surface area is 171 Å². The summed E-state index contributed by atoms with van der Waals surface area (Å²) < 4.78 is 13.1. The summed E-state index contributed by atoms with van der Waals surface area (Å²) >= 11 is 1.45. The van der Waals surface area contributed by atoms with Crippen molar-refractivity contribution in [3.8, 4) is 0 Å². The number of piperazine rings is 1. The Morgan fingerprint density at radius 3 is 2.55 bits per heavy atom. The monoisotopic (exact) mass is 412 g/mol. The van der Waals surface area contributed by atoms with Gasteiger partial charge in [0.25, 0.3) is 5.56 Å². The van der Waals surface area contributed by atoms with Crippen molar-refractivity contribution < 1.29 is 9.18 Å². The van der Waals surface area contributed by atoms with Gasteiger partial charge in [-0.2, -0.15) is 0 Å². The molecule has 4 rings (SSSR count). The van der Waals surface area contributed by atoms with Gasteiger partial charge in [-0.15, -0.1) is 11.8 Å². The van der Waals surface area contributed by atoms with E-state index in [1.165, 1.54) is 23.9 Å². The Morgan fingerprint density at radius 1 is 1.07 bits per heavy atom. The fraction of sp³-hybridized carbons (Fsp3) is 0.286. The van der Waals surface area contributed by atoms with Gasteiger partial charge in [0.1, 0.15) is 11.6 Å². The van der Waals surface area contributed by atoms with Crippen LogP contribution >= 0.6 is 11.8 Å². The summed E-state index contributed by atoms with van der Waals surface area (Å²) in [7, 11) is 0. The SMILES string of the molecule is O=C(CSCc1nc2ccccc2c(=O)[nH]1)N1CCN(c2ccc(F)cc2)CC1. The van der Waals surface area contributed by atoms with Crippen molar-refractivity contribution in [2.75, 3.05) is 36.8 Å². The molecule has 1 saturated heterocycles. The summed E-state index contributed by atoms with van der Waals surface area (Å²) in [6.45, 7) is 2.73. The van der Waals surface area contributed by atoms with Crippen LogP contribution in [0.1, 0.15) is 5.82 Å². The van der Waals surface area contributed by atoms with Crippen molar-refractivity contribution in [2.45, 2.75) is 5.75 Å². The first-order chi connectivity index (χ1) is 14.1. The molecule has 0 atom stereocenters. The van der Waals surface area contributed by atoms with Crippen molar-refractivity contribution >= 4 is 34.3 Å². The third kappa shape index (κ3) is 4.59. The Kier molecular flexibility index (Phi) is 5.80. The number of para-hydroxylation sites is 1. The van der Waals surface area contributed by atoms with Crippen LogP contribution in [0.2, 0.25) is 0 Å². The maximum atomic E-state index is 13.1. The number of amides is 1. The lowest BCUT2D eigenvalue weighted by Crippen LogP contribution is -2.49. The average molecular weight is 412 g/mol. The van der Waals surface area contributed by atoms with Crippen LogP contribution in [0, 0.1) is 5.82 Å². The van der Waals surface area contributed by atoms with Gasteiger partial charge in [-0.25, -0.2) is 9.37 Å². The Hall–Kier alpha value is -2.87. The van der Waals surface area contributed by atoms with E-state index in [-0.39, 0.29) is 17.3 Å². The van der Waals surface area contributed by atoms with Crippen molar-refractivity contribution in [3.05, 3.63) is 70.5 Å². The average Bonchev–Trinajstić information content (AvgIpc) is 2.74.